The number of nitrogens with zero attached hydrogens (tertiary/aromatic N) is 3. The first-order chi connectivity index (χ1) is 16.1. The Balaban J connectivity index is 1.31. The number of thiazole rings is 1. The Morgan fingerprint density at radius 1 is 1.06 bits per heavy atom. The molecule has 0 saturated heterocycles. The van der Waals surface area contributed by atoms with Crippen molar-refractivity contribution < 1.29 is 18.8 Å². The number of ether oxygens (including phenoxy) is 2. The SMILES string of the molecule is COc1ccc(-c2csc(NC(=O)C[n+]3cc(-c4ccc(OC)cc4)n4c3CCC4)n2)cc1. The van der Waals surface area contributed by atoms with Crippen LogP contribution in [0.25, 0.3) is 22.5 Å². The fourth-order valence-corrected chi connectivity index (χ4v) is 4.91. The maximum Gasteiger partial charge on any atom is 0.268 e. The van der Waals surface area contributed by atoms with Crippen molar-refractivity contribution in [1.82, 2.24) is 9.55 Å². The van der Waals surface area contributed by atoms with Crippen molar-refractivity contribution in [2.75, 3.05) is 19.5 Å². The van der Waals surface area contributed by atoms with Crippen molar-refractivity contribution in [3.63, 3.8) is 0 Å². The molecule has 0 atom stereocenters. The Labute approximate surface area is 196 Å². The molecule has 1 N–H and O–H groups in total. The van der Waals surface area contributed by atoms with Gasteiger partial charge in [-0.15, -0.1) is 11.3 Å². The molecular formula is C25H25N4O3S+. The number of hydrogen-bond donors (Lipinski definition) is 1. The zero-order valence-corrected chi connectivity index (χ0v) is 19.4. The number of carbonyl (C=O) groups is 1. The number of aromatic nitrogens is 3. The Hall–Kier alpha value is -3.65. The van der Waals surface area contributed by atoms with Crippen molar-refractivity contribution in [2.24, 2.45) is 0 Å². The highest BCUT2D eigenvalue weighted by molar-refractivity contribution is 7.14. The summed E-state index contributed by atoms with van der Waals surface area (Å²) >= 11 is 1.42. The number of anilines is 1. The van der Waals surface area contributed by atoms with Gasteiger partial charge in [-0.25, -0.2) is 14.1 Å². The van der Waals surface area contributed by atoms with Gasteiger partial charge in [-0.05, 0) is 55.0 Å². The van der Waals surface area contributed by atoms with Crippen LogP contribution in [-0.2, 0) is 24.3 Å². The zero-order valence-electron chi connectivity index (χ0n) is 18.6. The largest absolute Gasteiger partial charge is 0.497 e. The van der Waals surface area contributed by atoms with Crippen LogP contribution in [-0.4, -0.2) is 29.7 Å². The molecule has 0 spiro atoms. The van der Waals surface area contributed by atoms with Gasteiger partial charge in [0, 0.05) is 16.5 Å². The van der Waals surface area contributed by atoms with Gasteiger partial charge in [0.05, 0.1) is 32.9 Å². The number of nitrogens with one attached hydrogen (secondary N) is 1. The third kappa shape index (κ3) is 4.34. The van der Waals surface area contributed by atoms with Gasteiger partial charge in [-0.1, -0.05) is 0 Å². The number of benzene rings is 2. The highest BCUT2D eigenvalue weighted by Crippen LogP contribution is 2.28. The summed E-state index contributed by atoms with van der Waals surface area (Å²) < 4.78 is 14.8. The highest BCUT2D eigenvalue weighted by Gasteiger charge is 2.29. The maximum atomic E-state index is 12.8. The Kier molecular flexibility index (Phi) is 5.83. The summed E-state index contributed by atoms with van der Waals surface area (Å²) in [7, 11) is 3.31. The van der Waals surface area contributed by atoms with E-state index in [0.29, 0.717) is 5.13 Å². The van der Waals surface area contributed by atoms with Crippen molar-refractivity contribution in [3.05, 3.63) is 65.9 Å². The number of carbonyl (C=O) groups excluding carboxylic acids is 1. The second-order valence-corrected chi connectivity index (χ2v) is 8.71. The highest BCUT2D eigenvalue weighted by atomic mass is 32.1. The molecular weight excluding hydrogens is 436 g/mol. The lowest BCUT2D eigenvalue weighted by atomic mass is 10.1. The standard InChI is InChI=1S/C25H24N4O3S/c1-31-19-9-5-17(6-10-19)21-16-33-25(26-21)27-23(30)15-28-14-22(29-13-3-4-24(28)29)18-7-11-20(32-2)12-8-18/h5-12,14,16H,3-4,13,15H2,1-2H3/p+1. The molecule has 1 amide bonds. The first-order valence-electron chi connectivity index (χ1n) is 10.8. The van der Waals surface area contributed by atoms with Crippen molar-refractivity contribution in [3.8, 4) is 34.0 Å². The van der Waals surface area contributed by atoms with Crippen LogP contribution < -0.4 is 19.4 Å². The molecule has 0 unspecified atom stereocenters. The molecule has 8 heteroatoms. The van der Waals surface area contributed by atoms with Crippen LogP contribution in [0.4, 0.5) is 5.13 Å². The second-order valence-electron chi connectivity index (χ2n) is 7.86. The van der Waals surface area contributed by atoms with Crippen LogP contribution in [0.1, 0.15) is 12.2 Å². The fraction of sp³-hybridized carbons (Fsp3) is 0.240. The molecule has 4 aromatic rings. The van der Waals surface area contributed by atoms with Crippen LogP contribution in [0.3, 0.4) is 0 Å². The van der Waals surface area contributed by atoms with E-state index in [2.05, 4.69) is 37.8 Å². The van der Waals surface area contributed by atoms with Crippen molar-refractivity contribution >= 4 is 22.4 Å². The van der Waals surface area contributed by atoms with E-state index in [4.69, 9.17) is 9.47 Å². The lowest BCUT2D eigenvalue weighted by molar-refractivity contribution is -0.690. The molecule has 168 valence electrons. The Morgan fingerprint density at radius 2 is 1.73 bits per heavy atom. The van der Waals surface area contributed by atoms with E-state index in [1.165, 1.54) is 17.2 Å². The van der Waals surface area contributed by atoms with Crippen LogP contribution in [0.5, 0.6) is 11.5 Å². The van der Waals surface area contributed by atoms with Gasteiger partial charge in [0.2, 0.25) is 0 Å². The lowest BCUT2D eigenvalue weighted by Crippen LogP contribution is -2.42. The number of amides is 1. The number of fused-ring (bicyclic) bond motifs is 1. The Morgan fingerprint density at radius 3 is 2.39 bits per heavy atom. The third-order valence-electron chi connectivity index (χ3n) is 5.83. The first-order valence-corrected chi connectivity index (χ1v) is 11.7. The monoisotopic (exact) mass is 461 g/mol. The van der Waals surface area contributed by atoms with Crippen LogP contribution in [0.15, 0.2) is 60.1 Å². The molecule has 2 aromatic carbocycles. The predicted molar refractivity (Wildman–Crippen MR) is 128 cm³/mol. The summed E-state index contributed by atoms with van der Waals surface area (Å²) in [5.41, 5.74) is 4.05. The first kappa shape index (κ1) is 21.2. The maximum absolute atomic E-state index is 12.8. The second kappa shape index (κ2) is 9.07. The minimum Gasteiger partial charge on any atom is -0.497 e. The topological polar surface area (TPSA) is 69.3 Å². The number of imidazole rings is 1. The summed E-state index contributed by atoms with van der Waals surface area (Å²) in [6.45, 7) is 1.21. The van der Waals surface area contributed by atoms with Gasteiger partial charge in [-0.2, -0.15) is 0 Å². The van der Waals surface area contributed by atoms with Gasteiger partial charge in [-0.3, -0.25) is 10.1 Å². The molecule has 0 aliphatic carbocycles. The van der Waals surface area contributed by atoms with Gasteiger partial charge in [0.25, 0.3) is 11.7 Å². The van der Waals surface area contributed by atoms with Crippen molar-refractivity contribution in [1.29, 1.82) is 0 Å². The van der Waals surface area contributed by atoms with Gasteiger partial charge < -0.3 is 9.47 Å². The summed E-state index contributed by atoms with van der Waals surface area (Å²) in [5.74, 6) is 2.72. The number of methoxy groups -OCH3 is 2. The summed E-state index contributed by atoms with van der Waals surface area (Å²) in [4.78, 5) is 17.4. The number of hydrogen-bond acceptors (Lipinski definition) is 5. The van der Waals surface area contributed by atoms with E-state index in [-0.39, 0.29) is 12.5 Å². The molecule has 0 saturated carbocycles. The van der Waals surface area contributed by atoms with E-state index >= 15 is 0 Å². The summed E-state index contributed by atoms with van der Waals surface area (Å²) in [5, 5.41) is 5.50. The van der Waals surface area contributed by atoms with E-state index < -0.39 is 0 Å². The van der Waals surface area contributed by atoms with E-state index in [1.807, 2.05) is 41.8 Å². The minimum atomic E-state index is -0.0859. The molecule has 2 aromatic heterocycles. The van der Waals surface area contributed by atoms with Gasteiger partial charge in [0.15, 0.2) is 17.4 Å². The van der Waals surface area contributed by atoms with Crippen molar-refractivity contribution in [2.45, 2.75) is 25.9 Å². The molecule has 1 aliphatic rings. The average molecular weight is 462 g/mol. The predicted octanol–water partition coefficient (Wildman–Crippen LogP) is 4.17. The van der Waals surface area contributed by atoms with Gasteiger partial charge >= 0.3 is 0 Å². The zero-order chi connectivity index (χ0) is 22.8. The van der Waals surface area contributed by atoms with Crippen LogP contribution in [0, 0.1) is 0 Å². The third-order valence-corrected chi connectivity index (χ3v) is 6.59. The fourth-order valence-electron chi connectivity index (χ4n) is 4.18. The van der Waals surface area contributed by atoms with E-state index in [0.717, 1.165) is 53.4 Å². The molecule has 33 heavy (non-hydrogen) atoms. The normalized spacial score (nSPS) is 12.4. The van der Waals surface area contributed by atoms with E-state index in [1.54, 1.807) is 14.2 Å². The molecule has 0 bridgehead atoms. The average Bonchev–Trinajstić information content (AvgIpc) is 3.58. The molecule has 0 fully saturated rings. The number of rotatable bonds is 7. The molecule has 7 nitrogen and oxygen atoms in total. The lowest BCUT2D eigenvalue weighted by Gasteiger charge is -2.02. The minimum absolute atomic E-state index is 0.0859. The smallest absolute Gasteiger partial charge is 0.268 e. The summed E-state index contributed by atoms with van der Waals surface area (Å²) in [6.07, 6.45) is 4.11. The Bertz CT molecular complexity index is 1280. The van der Waals surface area contributed by atoms with E-state index in [9.17, 15) is 4.79 Å². The summed E-state index contributed by atoms with van der Waals surface area (Å²) in [6, 6.07) is 15.8. The van der Waals surface area contributed by atoms with Crippen LogP contribution >= 0.6 is 11.3 Å². The molecule has 1 aliphatic heterocycles. The van der Waals surface area contributed by atoms with Gasteiger partial charge in [0.1, 0.15) is 17.7 Å². The molecule has 3 heterocycles. The molecule has 0 radical (unpaired) electrons. The molecule has 5 rings (SSSR count). The van der Waals surface area contributed by atoms with Crippen LogP contribution in [0.2, 0.25) is 0 Å². The quantitative estimate of drug-likeness (QED) is 0.420.